The molecule has 0 aliphatic heterocycles. The van der Waals surface area contributed by atoms with Gasteiger partial charge in [0.05, 0.1) is 30.0 Å². The second-order valence-electron chi connectivity index (χ2n) is 5.70. The number of anilines is 3. The summed E-state index contributed by atoms with van der Waals surface area (Å²) in [4.78, 5) is 24.0. The number of carbonyl (C=O) groups is 1. The first-order valence-electron chi connectivity index (χ1n) is 8.24. The molecule has 11 nitrogen and oxygen atoms in total. The van der Waals surface area contributed by atoms with Crippen LogP contribution in [0.2, 0.25) is 0 Å². The van der Waals surface area contributed by atoms with Gasteiger partial charge in [0.1, 0.15) is 5.82 Å². The number of pyridine rings is 1. The normalized spacial score (nSPS) is 10.9. The van der Waals surface area contributed by atoms with E-state index >= 15 is 0 Å². The van der Waals surface area contributed by atoms with E-state index in [0.29, 0.717) is 28.6 Å². The van der Waals surface area contributed by atoms with Crippen LogP contribution in [0.5, 0.6) is 0 Å². The zero-order valence-electron chi connectivity index (χ0n) is 14.7. The summed E-state index contributed by atoms with van der Waals surface area (Å²) in [6.45, 7) is 4.21. The van der Waals surface area contributed by atoms with Crippen LogP contribution in [0.15, 0.2) is 36.9 Å². The van der Waals surface area contributed by atoms with Crippen LogP contribution in [-0.4, -0.2) is 45.6 Å². The number of carbonyl (C=O) groups excluding carboxylic acids is 1. The van der Waals surface area contributed by atoms with E-state index in [4.69, 9.17) is 0 Å². The number of hydrogen-bond acceptors (Lipinski definition) is 8. The first-order valence-corrected chi connectivity index (χ1v) is 8.24. The lowest BCUT2D eigenvalue weighted by atomic mass is 10.4. The molecule has 0 aliphatic carbocycles. The van der Waals surface area contributed by atoms with Gasteiger partial charge in [-0.15, -0.1) is 5.10 Å². The molecule has 27 heavy (non-hydrogen) atoms. The molecular formula is C16H16N10O. The molecule has 4 rings (SSSR count). The highest BCUT2D eigenvalue weighted by molar-refractivity contribution is 5.87. The number of rotatable bonds is 5. The van der Waals surface area contributed by atoms with Gasteiger partial charge in [-0.25, -0.2) is 9.97 Å². The number of aryl methyl sites for hydroxylation is 1. The molecule has 11 heteroatoms. The third-order valence-electron chi connectivity index (χ3n) is 3.70. The van der Waals surface area contributed by atoms with Crippen molar-refractivity contribution in [2.24, 2.45) is 0 Å². The van der Waals surface area contributed by atoms with Crippen LogP contribution in [0.1, 0.15) is 13.8 Å². The standard InChI is InChI=1S/C16H16N10O/c1-3-25-9-11(6-19-25)21-16-18-8-13-15(22-16)26(24-23-13)12-4-5-14(17-7-12)20-10(2)27/h4-9H,3H2,1-2H3,(H,17,20,27)(H,18,21,22). The Morgan fingerprint density at radius 3 is 2.78 bits per heavy atom. The molecule has 0 unspecified atom stereocenters. The summed E-state index contributed by atoms with van der Waals surface area (Å²) in [6, 6.07) is 3.45. The van der Waals surface area contributed by atoms with Crippen molar-refractivity contribution in [3.8, 4) is 5.69 Å². The van der Waals surface area contributed by atoms with E-state index in [9.17, 15) is 4.79 Å². The van der Waals surface area contributed by atoms with E-state index < -0.39 is 0 Å². The lowest BCUT2D eigenvalue weighted by Gasteiger charge is -2.05. The topological polar surface area (TPSA) is 128 Å². The van der Waals surface area contributed by atoms with E-state index in [2.05, 4.69) is 41.0 Å². The maximum Gasteiger partial charge on any atom is 0.229 e. The Morgan fingerprint density at radius 1 is 1.19 bits per heavy atom. The molecule has 1 amide bonds. The summed E-state index contributed by atoms with van der Waals surface area (Å²) >= 11 is 0. The molecule has 0 radical (unpaired) electrons. The van der Waals surface area contributed by atoms with E-state index in [0.717, 1.165) is 12.2 Å². The van der Waals surface area contributed by atoms with Crippen LogP contribution in [0.3, 0.4) is 0 Å². The van der Waals surface area contributed by atoms with Gasteiger partial charge in [0.25, 0.3) is 0 Å². The van der Waals surface area contributed by atoms with Crippen molar-refractivity contribution in [2.45, 2.75) is 20.4 Å². The van der Waals surface area contributed by atoms with Crippen molar-refractivity contribution in [1.29, 1.82) is 0 Å². The smallest absolute Gasteiger partial charge is 0.229 e. The van der Waals surface area contributed by atoms with Crippen LogP contribution < -0.4 is 10.6 Å². The Morgan fingerprint density at radius 2 is 2.07 bits per heavy atom. The number of nitrogens with one attached hydrogen (secondary N) is 2. The van der Waals surface area contributed by atoms with Gasteiger partial charge < -0.3 is 10.6 Å². The summed E-state index contributed by atoms with van der Waals surface area (Å²) in [7, 11) is 0. The maximum atomic E-state index is 11.1. The van der Waals surface area contributed by atoms with Crippen LogP contribution in [0, 0.1) is 0 Å². The number of hydrogen-bond donors (Lipinski definition) is 2. The Bertz CT molecular complexity index is 1100. The summed E-state index contributed by atoms with van der Waals surface area (Å²) in [6.07, 6.45) is 6.75. The molecule has 136 valence electrons. The molecule has 0 atom stereocenters. The van der Waals surface area contributed by atoms with E-state index in [1.54, 1.807) is 40.1 Å². The Balaban J connectivity index is 1.64. The van der Waals surface area contributed by atoms with Crippen molar-refractivity contribution in [2.75, 3.05) is 10.6 Å². The number of aromatic nitrogens is 8. The van der Waals surface area contributed by atoms with Gasteiger partial charge >= 0.3 is 0 Å². The first kappa shape index (κ1) is 16.6. The SMILES string of the molecule is CCn1cc(Nc2ncc3nnn(-c4ccc(NC(C)=O)nc4)c3n2)cn1. The molecule has 2 N–H and O–H groups in total. The van der Waals surface area contributed by atoms with Crippen LogP contribution in [0.4, 0.5) is 17.5 Å². The first-order chi connectivity index (χ1) is 13.1. The van der Waals surface area contributed by atoms with Crippen molar-refractivity contribution >= 4 is 34.5 Å². The molecule has 4 heterocycles. The van der Waals surface area contributed by atoms with Gasteiger partial charge in [-0.3, -0.25) is 9.48 Å². The van der Waals surface area contributed by atoms with Crippen molar-refractivity contribution in [1.82, 2.24) is 39.7 Å². The highest BCUT2D eigenvalue weighted by atomic mass is 16.1. The van der Waals surface area contributed by atoms with Crippen molar-refractivity contribution < 1.29 is 4.79 Å². The zero-order chi connectivity index (χ0) is 18.8. The molecule has 0 spiro atoms. The average molecular weight is 364 g/mol. The third kappa shape index (κ3) is 3.42. The molecule has 0 aliphatic rings. The minimum Gasteiger partial charge on any atom is -0.321 e. The summed E-state index contributed by atoms with van der Waals surface area (Å²) in [5, 5.41) is 18.1. The maximum absolute atomic E-state index is 11.1. The van der Waals surface area contributed by atoms with Crippen LogP contribution in [-0.2, 0) is 11.3 Å². The average Bonchev–Trinajstić information content (AvgIpc) is 3.28. The number of amides is 1. The van der Waals surface area contributed by atoms with E-state index in [1.807, 2.05) is 13.1 Å². The van der Waals surface area contributed by atoms with E-state index in [1.165, 1.54) is 6.92 Å². The Hall–Kier alpha value is -3.89. The Labute approximate surface area is 153 Å². The molecular weight excluding hydrogens is 348 g/mol. The predicted molar refractivity (Wildman–Crippen MR) is 97.7 cm³/mol. The van der Waals surface area contributed by atoms with Gasteiger partial charge in [0, 0.05) is 19.7 Å². The van der Waals surface area contributed by atoms with Gasteiger partial charge in [-0.2, -0.15) is 14.8 Å². The fraction of sp³-hybridized carbons (Fsp3) is 0.188. The third-order valence-corrected chi connectivity index (χ3v) is 3.70. The highest BCUT2D eigenvalue weighted by Gasteiger charge is 2.11. The number of nitrogens with zero attached hydrogens (tertiary/aromatic N) is 8. The second kappa shape index (κ2) is 6.78. The van der Waals surface area contributed by atoms with Gasteiger partial charge in [-0.1, -0.05) is 5.21 Å². The minimum absolute atomic E-state index is 0.184. The molecule has 0 saturated carbocycles. The summed E-state index contributed by atoms with van der Waals surface area (Å²) in [5.74, 6) is 0.682. The van der Waals surface area contributed by atoms with Gasteiger partial charge in [0.15, 0.2) is 11.2 Å². The quantitative estimate of drug-likeness (QED) is 0.545. The monoisotopic (exact) mass is 364 g/mol. The summed E-state index contributed by atoms with van der Waals surface area (Å²) < 4.78 is 3.36. The van der Waals surface area contributed by atoms with Gasteiger partial charge in [-0.05, 0) is 19.1 Å². The van der Waals surface area contributed by atoms with Gasteiger partial charge in [0.2, 0.25) is 11.9 Å². The molecule has 0 fully saturated rings. The lowest BCUT2D eigenvalue weighted by molar-refractivity contribution is -0.114. The minimum atomic E-state index is -0.184. The fourth-order valence-corrected chi connectivity index (χ4v) is 2.46. The fourth-order valence-electron chi connectivity index (χ4n) is 2.46. The predicted octanol–water partition coefficient (Wildman–Crippen LogP) is 1.52. The highest BCUT2D eigenvalue weighted by Crippen LogP contribution is 2.18. The second-order valence-corrected chi connectivity index (χ2v) is 5.70. The number of fused-ring (bicyclic) bond motifs is 1. The molecule has 4 aromatic rings. The molecule has 4 aromatic heterocycles. The molecule has 0 bridgehead atoms. The van der Waals surface area contributed by atoms with E-state index in [-0.39, 0.29) is 5.91 Å². The zero-order valence-corrected chi connectivity index (χ0v) is 14.7. The molecule has 0 saturated heterocycles. The van der Waals surface area contributed by atoms with Crippen molar-refractivity contribution in [3.05, 3.63) is 36.9 Å². The van der Waals surface area contributed by atoms with Crippen LogP contribution >= 0.6 is 0 Å². The molecule has 0 aromatic carbocycles. The largest absolute Gasteiger partial charge is 0.321 e. The Kier molecular flexibility index (Phi) is 4.16. The van der Waals surface area contributed by atoms with Crippen LogP contribution in [0.25, 0.3) is 16.9 Å². The van der Waals surface area contributed by atoms with Crippen molar-refractivity contribution in [3.63, 3.8) is 0 Å². The summed E-state index contributed by atoms with van der Waals surface area (Å²) in [5.41, 5.74) is 2.53. The lowest BCUT2D eigenvalue weighted by Crippen LogP contribution is -2.08.